The molecule has 1 saturated heterocycles. The number of likely N-dealkylation sites (N-methyl/N-ethyl adjacent to an activating group) is 1. The Morgan fingerprint density at radius 2 is 1.45 bits per heavy atom. The van der Waals surface area contributed by atoms with E-state index in [0.29, 0.717) is 29.1 Å². The summed E-state index contributed by atoms with van der Waals surface area (Å²) in [5.41, 5.74) is 4.41. The third-order valence-electron chi connectivity index (χ3n) is 5.85. The fourth-order valence-electron chi connectivity index (χ4n) is 4.13. The predicted octanol–water partition coefficient (Wildman–Crippen LogP) is 2.89. The molecule has 7 heteroatoms. The molecule has 0 bridgehead atoms. The monoisotopic (exact) mass is 443 g/mol. The van der Waals surface area contributed by atoms with Gasteiger partial charge < -0.3 is 9.80 Å². The first-order chi connectivity index (χ1) is 14.6. The zero-order valence-electron chi connectivity index (χ0n) is 19.2. The number of hydrogen-bond donors (Lipinski definition) is 0. The van der Waals surface area contributed by atoms with Crippen LogP contribution in [0.15, 0.2) is 41.3 Å². The quantitative estimate of drug-likeness (QED) is 0.689. The number of rotatable bonds is 6. The third-order valence-corrected chi connectivity index (χ3v) is 7.95. The van der Waals surface area contributed by atoms with Gasteiger partial charge in [-0.2, -0.15) is 4.31 Å². The van der Waals surface area contributed by atoms with Crippen LogP contribution in [0.5, 0.6) is 0 Å². The maximum Gasteiger partial charge on any atom is 0.244 e. The molecule has 1 fully saturated rings. The van der Waals surface area contributed by atoms with Gasteiger partial charge in [0.25, 0.3) is 0 Å². The number of carbonyl (C=O) groups is 1. The minimum absolute atomic E-state index is 0.147. The highest BCUT2D eigenvalue weighted by Crippen LogP contribution is 2.26. The minimum atomic E-state index is -3.86. The SMILES string of the molecule is Cc1ccc(CN(CC(=O)N2CCN(C)CC2)S(=O)(=O)c2c(C)cc(C)cc2C)cc1. The second-order valence-electron chi connectivity index (χ2n) is 8.67. The van der Waals surface area contributed by atoms with E-state index >= 15 is 0 Å². The lowest BCUT2D eigenvalue weighted by Gasteiger charge is -2.34. The number of piperazine rings is 1. The van der Waals surface area contributed by atoms with E-state index in [1.165, 1.54) is 4.31 Å². The van der Waals surface area contributed by atoms with Gasteiger partial charge in [0.1, 0.15) is 0 Å². The zero-order valence-corrected chi connectivity index (χ0v) is 20.0. The van der Waals surface area contributed by atoms with Gasteiger partial charge in [-0.25, -0.2) is 8.42 Å². The van der Waals surface area contributed by atoms with Crippen LogP contribution in [0.4, 0.5) is 0 Å². The molecule has 0 radical (unpaired) electrons. The molecular weight excluding hydrogens is 410 g/mol. The van der Waals surface area contributed by atoms with E-state index in [0.717, 1.165) is 29.8 Å². The molecule has 0 N–H and O–H groups in total. The fraction of sp³-hybridized carbons (Fsp3) is 0.458. The van der Waals surface area contributed by atoms with Crippen LogP contribution in [0.2, 0.25) is 0 Å². The Morgan fingerprint density at radius 1 is 0.903 bits per heavy atom. The molecule has 3 rings (SSSR count). The van der Waals surface area contributed by atoms with Crippen LogP contribution in [-0.2, 0) is 21.4 Å². The van der Waals surface area contributed by atoms with Gasteiger partial charge in [-0.15, -0.1) is 0 Å². The van der Waals surface area contributed by atoms with Crippen molar-refractivity contribution < 1.29 is 13.2 Å². The van der Waals surface area contributed by atoms with Crippen molar-refractivity contribution in [3.8, 4) is 0 Å². The van der Waals surface area contributed by atoms with E-state index < -0.39 is 10.0 Å². The summed E-state index contributed by atoms with van der Waals surface area (Å²) in [6.45, 7) is 10.4. The van der Waals surface area contributed by atoms with E-state index in [4.69, 9.17) is 0 Å². The van der Waals surface area contributed by atoms with Gasteiger partial charge in [-0.3, -0.25) is 4.79 Å². The molecular formula is C24H33N3O3S. The number of hydrogen-bond acceptors (Lipinski definition) is 4. The summed E-state index contributed by atoms with van der Waals surface area (Å²) in [4.78, 5) is 17.3. The normalized spacial score (nSPS) is 15.5. The van der Waals surface area contributed by atoms with E-state index in [1.54, 1.807) is 4.90 Å². The van der Waals surface area contributed by atoms with Crippen molar-refractivity contribution in [2.24, 2.45) is 0 Å². The average Bonchev–Trinajstić information content (AvgIpc) is 2.68. The fourth-order valence-corrected chi connectivity index (χ4v) is 5.92. The molecule has 0 unspecified atom stereocenters. The molecule has 1 aliphatic rings. The maximum absolute atomic E-state index is 13.8. The summed E-state index contributed by atoms with van der Waals surface area (Å²) in [5.74, 6) is -0.147. The number of nitrogens with zero attached hydrogens (tertiary/aromatic N) is 3. The molecule has 31 heavy (non-hydrogen) atoms. The van der Waals surface area contributed by atoms with E-state index in [1.807, 2.05) is 71.1 Å². The average molecular weight is 444 g/mol. The van der Waals surface area contributed by atoms with Gasteiger partial charge in [0, 0.05) is 32.7 Å². The number of benzene rings is 2. The number of aryl methyl sites for hydroxylation is 4. The van der Waals surface area contributed by atoms with Crippen molar-refractivity contribution >= 4 is 15.9 Å². The molecule has 0 atom stereocenters. The first-order valence-corrected chi connectivity index (χ1v) is 12.1. The number of amides is 1. The lowest BCUT2D eigenvalue weighted by Crippen LogP contribution is -2.50. The van der Waals surface area contributed by atoms with Crippen molar-refractivity contribution in [3.63, 3.8) is 0 Å². The van der Waals surface area contributed by atoms with Crippen LogP contribution in [-0.4, -0.2) is 68.2 Å². The van der Waals surface area contributed by atoms with Crippen molar-refractivity contribution in [2.75, 3.05) is 39.8 Å². The van der Waals surface area contributed by atoms with Gasteiger partial charge in [-0.1, -0.05) is 47.5 Å². The summed E-state index contributed by atoms with van der Waals surface area (Å²) in [6, 6.07) is 11.5. The number of carbonyl (C=O) groups excluding carboxylic acids is 1. The molecule has 0 spiro atoms. The first-order valence-electron chi connectivity index (χ1n) is 10.7. The summed E-state index contributed by atoms with van der Waals surface area (Å²) >= 11 is 0. The Morgan fingerprint density at radius 3 is 2.00 bits per heavy atom. The summed E-state index contributed by atoms with van der Waals surface area (Å²) in [5, 5.41) is 0. The second-order valence-corrected chi connectivity index (χ2v) is 10.5. The van der Waals surface area contributed by atoms with Crippen LogP contribution in [0.25, 0.3) is 0 Å². The Balaban J connectivity index is 1.94. The largest absolute Gasteiger partial charge is 0.339 e. The Labute approximate surface area is 186 Å². The van der Waals surface area contributed by atoms with Crippen molar-refractivity contribution in [1.82, 2.24) is 14.1 Å². The molecule has 168 valence electrons. The summed E-state index contributed by atoms with van der Waals surface area (Å²) < 4.78 is 28.9. The van der Waals surface area contributed by atoms with E-state index in [-0.39, 0.29) is 19.0 Å². The highest BCUT2D eigenvalue weighted by molar-refractivity contribution is 7.89. The van der Waals surface area contributed by atoms with Gasteiger partial charge in [0.15, 0.2) is 0 Å². The van der Waals surface area contributed by atoms with Crippen LogP contribution in [0.1, 0.15) is 27.8 Å². The van der Waals surface area contributed by atoms with Gasteiger partial charge in [0.05, 0.1) is 11.4 Å². The second kappa shape index (κ2) is 9.51. The van der Waals surface area contributed by atoms with Gasteiger partial charge >= 0.3 is 0 Å². The highest BCUT2D eigenvalue weighted by atomic mass is 32.2. The third kappa shape index (κ3) is 5.53. The molecule has 1 amide bonds. The van der Waals surface area contributed by atoms with Crippen molar-refractivity contribution in [1.29, 1.82) is 0 Å². The molecule has 2 aromatic carbocycles. The van der Waals surface area contributed by atoms with Crippen molar-refractivity contribution in [2.45, 2.75) is 39.1 Å². The molecule has 1 aliphatic heterocycles. The topological polar surface area (TPSA) is 60.9 Å². The van der Waals surface area contributed by atoms with Crippen LogP contribution < -0.4 is 0 Å². The smallest absolute Gasteiger partial charge is 0.244 e. The highest BCUT2D eigenvalue weighted by Gasteiger charge is 2.31. The van der Waals surface area contributed by atoms with Crippen molar-refractivity contribution in [3.05, 3.63) is 64.2 Å². The van der Waals surface area contributed by atoms with Crippen LogP contribution in [0.3, 0.4) is 0 Å². The standard InChI is InChI=1S/C24H33N3O3S/c1-18-6-8-22(9-7-18)16-27(17-23(28)26-12-10-25(5)11-13-26)31(29,30)24-20(3)14-19(2)15-21(24)4/h6-9,14-15H,10-13,16-17H2,1-5H3. The first kappa shape index (κ1) is 23.4. The molecule has 1 heterocycles. The zero-order chi connectivity index (χ0) is 22.8. The summed E-state index contributed by atoms with van der Waals surface area (Å²) in [7, 11) is -1.83. The predicted molar refractivity (Wildman–Crippen MR) is 124 cm³/mol. The van der Waals surface area contributed by atoms with E-state index in [2.05, 4.69) is 4.90 Å². The Bertz CT molecular complexity index is 1020. The Hall–Kier alpha value is -2.22. The van der Waals surface area contributed by atoms with Crippen LogP contribution >= 0.6 is 0 Å². The molecule has 0 aromatic heterocycles. The number of sulfonamides is 1. The molecule has 2 aromatic rings. The summed E-state index contributed by atoms with van der Waals surface area (Å²) in [6.07, 6.45) is 0. The van der Waals surface area contributed by atoms with Gasteiger partial charge in [-0.05, 0) is 51.4 Å². The molecule has 6 nitrogen and oxygen atoms in total. The molecule has 0 saturated carbocycles. The maximum atomic E-state index is 13.8. The van der Waals surface area contributed by atoms with Gasteiger partial charge in [0.2, 0.25) is 15.9 Å². The van der Waals surface area contributed by atoms with E-state index in [9.17, 15) is 13.2 Å². The van der Waals surface area contributed by atoms with Crippen LogP contribution in [0, 0.1) is 27.7 Å². The molecule has 0 aliphatic carbocycles. The lowest BCUT2D eigenvalue weighted by atomic mass is 10.1. The Kier molecular flexibility index (Phi) is 7.19. The minimum Gasteiger partial charge on any atom is -0.339 e. The lowest BCUT2D eigenvalue weighted by molar-refractivity contribution is -0.133.